The van der Waals surface area contributed by atoms with Gasteiger partial charge in [-0.2, -0.15) is 0 Å². The molecule has 5 nitrogen and oxygen atoms in total. The predicted molar refractivity (Wildman–Crippen MR) is 79.7 cm³/mol. The molecule has 0 aromatic carbocycles. The number of amides is 1. The van der Waals surface area contributed by atoms with E-state index in [9.17, 15) is 4.79 Å². The van der Waals surface area contributed by atoms with Gasteiger partial charge in [0.15, 0.2) is 0 Å². The molecule has 20 heavy (non-hydrogen) atoms. The van der Waals surface area contributed by atoms with Gasteiger partial charge in [0.2, 0.25) is 0 Å². The summed E-state index contributed by atoms with van der Waals surface area (Å²) in [6, 6.07) is -0.0838. The lowest BCUT2D eigenvalue weighted by atomic mass is 9.81. The summed E-state index contributed by atoms with van der Waals surface area (Å²) in [5.74, 6) is 0. The standard InChI is InChI=1S/C14H28BNO4/c1-10(16-11(17)18-12(2,3)4)9-15-19-13(5,6)14(7,8)20-15/h10H,9H2,1-8H3,(H,16,17). The summed E-state index contributed by atoms with van der Waals surface area (Å²) < 4.78 is 17.0. The molecule has 1 unspecified atom stereocenters. The molecule has 0 aliphatic carbocycles. The van der Waals surface area contributed by atoms with E-state index in [-0.39, 0.29) is 24.4 Å². The lowest BCUT2D eigenvalue weighted by Gasteiger charge is -2.32. The highest BCUT2D eigenvalue weighted by molar-refractivity contribution is 6.45. The fraction of sp³-hybridized carbons (Fsp3) is 0.929. The van der Waals surface area contributed by atoms with Crippen LogP contribution in [0.5, 0.6) is 0 Å². The third kappa shape index (κ3) is 4.67. The molecule has 0 spiro atoms. The first kappa shape index (κ1) is 17.3. The summed E-state index contributed by atoms with van der Waals surface area (Å²) in [6.07, 6.45) is 0.174. The molecule has 1 rings (SSSR count). The van der Waals surface area contributed by atoms with Gasteiger partial charge < -0.3 is 19.4 Å². The molecule has 1 N–H and O–H groups in total. The number of carbonyl (C=O) groups is 1. The summed E-state index contributed by atoms with van der Waals surface area (Å²) in [5.41, 5.74) is -1.18. The molecule has 0 saturated carbocycles. The van der Waals surface area contributed by atoms with Gasteiger partial charge >= 0.3 is 13.2 Å². The molecule has 1 atom stereocenters. The van der Waals surface area contributed by atoms with E-state index in [2.05, 4.69) is 5.32 Å². The van der Waals surface area contributed by atoms with Crippen LogP contribution in [0.15, 0.2) is 0 Å². The zero-order valence-corrected chi connectivity index (χ0v) is 14.0. The molecular formula is C14H28BNO4. The van der Waals surface area contributed by atoms with Crippen molar-refractivity contribution < 1.29 is 18.8 Å². The van der Waals surface area contributed by atoms with E-state index in [4.69, 9.17) is 14.0 Å². The maximum atomic E-state index is 11.7. The summed E-state index contributed by atoms with van der Waals surface area (Å²) in [5, 5.41) is 2.80. The van der Waals surface area contributed by atoms with Gasteiger partial charge in [-0.1, -0.05) is 0 Å². The van der Waals surface area contributed by atoms with Gasteiger partial charge in [0.05, 0.1) is 11.2 Å². The Kier molecular flexibility index (Phi) is 4.81. The molecule has 1 aliphatic heterocycles. The zero-order chi connectivity index (χ0) is 15.8. The smallest absolute Gasteiger partial charge is 0.444 e. The topological polar surface area (TPSA) is 56.8 Å². The van der Waals surface area contributed by atoms with Crippen LogP contribution < -0.4 is 5.32 Å². The second-order valence-electron chi connectivity index (χ2n) is 7.47. The molecule has 0 aromatic rings. The van der Waals surface area contributed by atoms with E-state index in [1.807, 2.05) is 55.4 Å². The van der Waals surface area contributed by atoms with E-state index in [1.54, 1.807) is 0 Å². The highest BCUT2D eigenvalue weighted by atomic mass is 16.7. The third-order valence-electron chi connectivity index (χ3n) is 3.61. The average Bonchev–Trinajstić information content (AvgIpc) is 2.29. The maximum Gasteiger partial charge on any atom is 0.459 e. The van der Waals surface area contributed by atoms with Crippen LogP contribution in [0.2, 0.25) is 6.32 Å². The van der Waals surface area contributed by atoms with Crippen LogP contribution in [-0.4, -0.2) is 36.1 Å². The third-order valence-corrected chi connectivity index (χ3v) is 3.61. The number of hydrogen-bond donors (Lipinski definition) is 1. The Bertz CT molecular complexity index is 347. The normalized spacial score (nSPS) is 22.5. The van der Waals surface area contributed by atoms with Crippen LogP contribution in [0.3, 0.4) is 0 Å². The van der Waals surface area contributed by atoms with Gasteiger partial charge in [-0.05, 0) is 55.4 Å². The van der Waals surface area contributed by atoms with Gasteiger partial charge in [0.25, 0.3) is 0 Å². The molecule has 0 aromatic heterocycles. The Hall–Kier alpha value is -0.745. The lowest BCUT2D eigenvalue weighted by Crippen LogP contribution is -2.41. The van der Waals surface area contributed by atoms with E-state index in [0.717, 1.165) is 0 Å². The van der Waals surface area contributed by atoms with Crippen molar-refractivity contribution in [3.63, 3.8) is 0 Å². The number of ether oxygens (including phenoxy) is 1. The zero-order valence-electron chi connectivity index (χ0n) is 14.0. The van der Waals surface area contributed by atoms with Gasteiger partial charge in [0, 0.05) is 12.4 Å². The molecule has 1 fully saturated rings. The van der Waals surface area contributed by atoms with Crippen LogP contribution in [0, 0.1) is 0 Å². The Morgan fingerprint density at radius 1 is 1.20 bits per heavy atom. The summed E-state index contributed by atoms with van der Waals surface area (Å²) in [7, 11) is -0.315. The molecular weight excluding hydrogens is 257 g/mol. The van der Waals surface area contributed by atoms with Crippen LogP contribution in [0.4, 0.5) is 4.79 Å². The summed E-state index contributed by atoms with van der Waals surface area (Å²) in [6.45, 7) is 15.5. The lowest BCUT2D eigenvalue weighted by molar-refractivity contribution is 0.00578. The maximum absolute atomic E-state index is 11.7. The number of hydrogen-bond acceptors (Lipinski definition) is 4. The first-order chi connectivity index (χ1) is 8.82. The van der Waals surface area contributed by atoms with Crippen molar-refractivity contribution in [2.24, 2.45) is 0 Å². The first-order valence-electron chi connectivity index (χ1n) is 7.17. The van der Waals surface area contributed by atoms with Crippen molar-refractivity contribution in [3.05, 3.63) is 0 Å². The Morgan fingerprint density at radius 2 is 1.65 bits per heavy atom. The molecule has 0 radical (unpaired) electrons. The number of carbonyl (C=O) groups excluding carboxylic acids is 1. The fourth-order valence-corrected chi connectivity index (χ4v) is 1.92. The molecule has 1 aliphatic rings. The van der Waals surface area contributed by atoms with Crippen LogP contribution in [-0.2, 0) is 14.0 Å². The molecule has 1 amide bonds. The molecule has 116 valence electrons. The van der Waals surface area contributed by atoms with Crippen molar-refractivity contribution in [3.8, 4) is 0 Å². The van der Waals surface area contributed by atoms with Crippen LogP contribution >= 0.6 is 0 Å². The minimum Gasteiger partial charge on any atom is -0.444 e. The Balaban J connectivity index is 2.45. The second-order valence-corrected chi connectivity index (χ2v) is 7.47. The Morgan fingerprint density at radius 3 is 2.05 bits per heavy atom. The van der Waals surface area contributed by atoms with E-state index in [0.29, 0.717) is 6.32 Å². The van der Waals surface area contributed by atoms with Gasteiger partial charge in [-0.3, -0.25) is 0 Å². The van der Waals surface area contributed by atoms with Crippen molar-refractivity contribution in [1.82, 2.24) is 5.32 Å². The minimum atomic E-state index is -0.492. The molecule has 1 heterocycles. The second kappa shape index (κ2) is 5.56. The fourth-order valence-electron chi connectivity index (χ4n) is 1.92. The molecule has 6 heteroatoms. The Labute approximate surface area is 122 Å². The highest BCUT2D eigenvalue weighted by Gasteiger charge is 2.51. The molecule has 1 saturated heterocycles. The van der Waals surface area contributed by atoms with E-state index >= 15 is 0 Å². The SMILES string of the molecule is CC(CB1OC(C)(C)C(C)(C)O1)NC(=O)OC(C)(C)C. The average molecular weight is 285 g/mol. The monoisotopic (exact) mass is 285 g/mol. The quantitative estimate of drug-likeness (QED) is 0.810. The first-order valence-corrected chi connectivity index (χ1v) is 7.17. The number of rotatable bonds is 3. The minimum absolute atomic E-state index is 0.0838. The largest absolute Gasteiger partial charge is 0.459 e. The van der Waals surface area contributed by atoms with E-state index in [1.165, 1.54) is 0 Å². The van der Waals surface area contributed by atoms with Gasteiger partial charge in [-0.15, -0.1) is 0 Å². The number of nitrogens with one attached hydrogen (secondary N) is 1. The van der Waals surface area contributed by atoms with E-state index < -0.39 is 11.7 Å². The molecule has 0 bridgehead atoms. The van der Waals surface area contributed by atoms with Crippen LogP contribution in [0.1, 0.15) is 55.4 Å². The predicted octanol–water partition coefficient (Wildman–Crippen LogP) is 2.99. The van der Waals surface area contributed by atoms with Crippen molar-refractivity contribution in [2.45, 2.75) is 84.6 Å². The van der Waals surface area contributed by atoms with Crippen LogP contribution in [0.25, 0.3) is 0 Å². The van der Waals surface area contributed by atoms with Gasteiger partial charge in [0.1, 0.15) is 5.60 Å². The van der Waals surface area contributed by atoms with Crippen molar-refractivity contribution >= 4 is 13.2 Å². The van der Waals surface area contributed by atoms with Gasteiger partial charge in [-0.25, -0.2) is 4.79 Å². The van der Waals surface area contributed by atoms with Crippen molar-refractivity contribution in [1.29, 1.82) is 0 Å². The van der Waals surface area contributed by atoms with Crippen molar-refractivity contribution in [2.75, 3.05) is 0 Å². The summed E-state index contributed by atoms with van der Waals surface area (Å²) >= 11 is 0. The summed E-state index contributed by atoms with van der Waals surface area (Å²) in [4.78, 5) is 11.7. The number of alkyl carbamates (subject to hydrolysis) is 1. The highest BCUT2D eigenvalue weighted by Crippen LogP contribution is 2.37.